The molecular formula is C13H19NO4. The standard InChI is InChI=1S/C13H19NO4/c1-3-4-9(8-18-2)14-13(17)11-7-10(15)5-6-12(11)16/h5-7,9,15-16H,3-4,8H2,1-2H3,(H,14,17). The summed E-state index contributed by atoms with van der Waals surface area (Å²) in [4.78, 5) is 11.9. The van der Waals surface area contributed by atoms with Crippen LogP contribution in [-0.2, 0) is 4.74 Å². The number of carbonyl (C=O) groups is 1. The van der Waals surface area contributed by atoms with Crippen LogP contribution in [0.15, 0.2) is 18.2 Å². The highest BCUT2D eigenvalue weighted by Gasteiger charge is 2.16. The van der Waals surface area contributed by atoms with Crippen LogP contribution in [0.5, 0.6) is 11.5 Å². The van der Waals surface area contributed by atoms with Crippen LogP contribution in [0.3, 0.4) is 0 Å². The first kappa shape index (κ1) is 14.3. The summed E-state index contributed by atoms with van der Waals surface area (Å²) in [6.45, 7) is 2.43. The third-order valence-corrected chi connectivity index (χ3v) is 2.56. The van der Waals surface area contributed by atoms with Crippen LogP contribution < -0.4 is 5.32 Å². The monoisotopic (exact) mass is 253 g/mol. The number of methoxy groups -OCH3 is 1. The molecular weight excluding hydrogens is 234 g/mol. The fourth-order valence-electron chi connectivity index (χ4n) is 1.72. The van der Waals surface area contributed by atoms with Gasteiger partial charge in [-0.05, 0) is 24.6 Å². The molecule has 0 fully saturated rings. The van der Waals surface area contributed by atoms with Gasteiger partial charge in [0.1, 0.15) is 11.5 Å². The van der Waals surface area contributed by atoms with Gasteiger partial charge in [-0.1, -0.05) is 13.3 Å². The highest BCUT2D eigenvalue weighted by atomic mass is 16.5. The molecule has 3 N–H and O–H groups in total. The lowest BCUT2D eigenvalue weighted by Gasteiger charge is -2.17. The Balaban J connectivity index is 2.76. The molecule has 100 valence electrons. The van der Waals surface area contributed by atoms with E-state index in [9.17, 15) is 15.0 Å². The SMILES string of the molecule is CCCC(COC)NC(=O)c1cc(O)ccc1O. The molecule has 5 nitrogen and oxygen atoms in total. The molecule has 0 heterocycles. The maximum Gasteiger partial charge on any atom is 0.255 e. The summed E-state index contributed by atoms with van der Waals surface area (Å²) in [6.07, 6.45) is 1.71. The lowest BCUT2D eigenvalue weighted by Crippen LogP contribution is -2.37. The molecule has 1 aromatic carbocycles. The predicted octanol–water partition coefficient (Wildman–Crippen LogP) is 1.64. The van der Waals surface area contributed by atoms with Crippen molar-refractivity contribution in [3.8, 4) is 11.5 Å². The fourth-order valence-corrected chi connectivity index (χ4v) is 1.72. The van der Waals surface area contributed by atoms with Crippen LogP contribution in [0.25, 0.3) is 0 Å². The van der Waals surface area contributed by atoms with E-state index in [0.717, 1.165) is 12.8 Å². The molecule has 1 amide bonds. The van der Waals surface area contributed by atoms with Crippen LogP contribution >= 0.6 is 0 Å². The van der Waals surface area contributed by atoms with Gasteiger partial charge >= 0.3 is 0 Å². The smallest absolute Gasteiger partial charge is 0.255 e. The minimum absolute atomic E-state index is 0.0586. The molecule has 18 heavy (non-hydrogen) atoms. The summed E-state index contributed by atoms with van der Waals surface area (Å²) in [5, 5.41) is 21.7. The fraction of sp³-hybridized carbons (Fsp3) is 0.462. The van der Waals surface area contributed by atoms with E-state index in [0.29, 0.717) is 6.61 Å². The van der Waals surface area contributed by atoms with Crippen molar-refractivity contribution < 1.29 is 19.7 Å². The number of amides is 1. The average Bonchev–Trinajstić information content (AvgIpc) is 2.33. The van der Waals surface area contributed by atoms with Gasteiger partial charge in [-0.2, -0.15) is 0 Å². The predicted molar refractivity (Wildman–Crippen MR) is 67.8 cm³/mol. The van der Waals surface area contributed by atoms with Crippen LogP contribution in [0.4, 0.5) is 0 Å². The zero-order valence-electron chi connectivity index (χ0n) is 10.6. The quantitative estimate of drug-likeness (QED) is 0.673. The number of hydrogen-bond acceptors (Lipinski definition) is 4. The van der Waals surface area contributed by atoms with Crippen molar-refractivity contribution in [1.29, 1.82) is 0 Å². The van der Waals surface area contributed by atoms with Crippen LogP contribution in [0.1, 0.15) is 30.1 Å². The first-order chi connectivity index (χ1) is 8.58. The van der Waals surface area contributed by atoms with Gasteiger partial charge in [-0.3, -0.25) is 4.79 Å². The Kier molecular flexibility index (Phi) is 5.45. The van der Waals surface area contributed by atoms with E-state index in [4.69, 9.17) is 4.74 Å². The van der Waals surface area contributed by atoms with E-state index >= 15 is 0 Å². The number of carbonyl (C=O) groups excluding carboxylic acids is 1. The number of nitrogens with one attached hydrogen (secondary N) is 1. The number of phenolic OH excluding ortho intramolecular Hbond substituents is 2. The number of ether oxygens (including phenoxy) is 1. The Morgan fingerprint density at radius 1 is 1.44 bits per heavy atom. The highest BCUT2D eigenvalue weighted by molar-refractivity contribution is 5.97. The van der Waals surface area contributed by atoms with Gasteiger partial charge in [0.05, 0.1) is 18.2 Å². The lowest BCUT2D eigenvalue weighted by molar-refractivity contribution is 0.0888. The summed E-state index contributed by atoms with van der Waals surface area (Å²) < 4.78 is 5.02. The van der Waals surface area contributed by atoms with Crippen molar-refractivity contribution in [3.05, 3.63) is 23.8 Å². The van der Waals surface area contributed by atoms with Crippen molar-refractivity contribution in [3.63, 3.8) is 0 Å². The van der Waals surface area contributed by atoms with Crippen LogP contribution in [0, 0.1) is 0 Å². The summed E-state index contributed by atoms with van der Waals surface area (Å²) in [5.41, 5.74) is 0.0622. The first-order valence-corrected chi connectivity index (χ1v) is 5.90. The van der Waals surface area contributed by atoms with Crippen LogP contribution in [0.2, 0.25) is 0 Å². The minimum atomic E-state index is -0.418. The second-order valence-electron chi connectivity index (χ2n) is 4.12. The second-order valence-corrected chi connectivity index (χ2v) is 4.12. The van der Waals surface area contributed by atoms with E-state index in [2.05, 4.69) is 5.32 Å². The molecule has 5 heteroatoms. The molecule has 0 bridgehead atoms. The Morgan fingerprint density at radius 3 is 2.78 bits per heavy atom. The summed E-state index contributed by atoms with van der Waals surface area (Å²) in [7, 11) is 1.57. The molecule has 0 saturated heterocycles. The Morgan fingerprint density at radius 2 is 2.17 bits per heavy atom. The van der Waals surface area contributed by atoms with E-state index in [1.807, 2.05) is 6.92 Å². The molecule has 1 atom stereocenters. The number of benzene rings is 1. The topological polar surface area (TPSA) is 78.8 Å². The molecule has 0 spiro atoms. The van der Waals surface area contributed by atoms with Gasteiger partial charge in [0.15, 0.2) is 0 Å². The third kappa shape index (κ3) is 3.92. The molecule has 1 unspecified atom stereocenters. The first-order valence-electron chi connectivity index (χ1n) is 5.90. The zero-order chi connectivity index (χ0) is 13.5. The van der Waals surface area contributed by atoms with Crippen molar-refractivity contribution in [2.24, 2.45) is 0 Å². The molecule has 1 aromatic rings. The Hall–Kier alpha value is -1.75. The second kappa shape index (κ2) is 6.86. The minimum Gasteiger partial charge on any atom is -0.508 e. The van der Waals surface area contributed by atoms with Gasteiger partial charge in [0, 0.05) is 7.11 Å². The highest BCUT2D eigenvalue weighted by Crippen LogP contribution is 2.22. The van der Waals surface area contributed by atoms with E-state index < -0.39 is 5.91 Å². The van der Waals surface area contributed by atoms with Gasteiger partial charge in [-0.15, -0.1) is 0 Å². The maximum absolute atomic E-state index is 11.9. The Labute approximate surface area is 106 Å². The molecule has 0 aliphatic heterocycles. The summed E-state index contributed by atoms with van der Waals surface area (Å²) >= 11 is 0. The average molecular weight is 253 g/mol. The number of hydrogen-bond donors (Lipinski definition) is 3. The normalized spacial score (nSPS) is 12.1. The van der Waals surface area contributed by atoms with Crippen molar-refractivity contribution in [1.82, 2.24) is 5.32 Å². The zero-order valence-corrected chi connectivity index (χ0v) is 10.6. The number of phenols is 2. The van der Waals surface area contributed by atoms with E-state index in [1.54, 1.807) is 7.11 Å². The third-order valence-electron chi connectivity index (χ3n) is 2.56. The molecule has 0 aromatic heterocycles. The van der Waals surface area contributed by atoms with Crippen molar-refractivity contribution in [2.45, 2.75) is 25.8 Å². The van der Waals surface area contributed by atoms with Crippen molar-refractivity contribution in [2.75, 3.05) is 13.7 Å². The van der Waals surface area contributed by atoms with Gasteiger partial charge < -0.3 is 20.3 Å². The van der Waals surface area contributed by atoms with Gasteiger partial charge in [-0.25, -0.2) is 0 Å². The van der Waals surface area contributed by atoms with E-state index in [1.165, 1.54) is 18.2 Å². The number of rotatable bonds is 6. The van der Waals surface area contributed by atoms with Gasteiger partial charge in [0.25, 0.3) is 5.91 Å². The molecule has 0 saturated carbocycles. The van der Waals surface area contributed by atoms with E-state index in [-0.39, 0.29) is 23.1 Å². The summed E-state index contributed by atoms with van der Waals surface area (Å²) in [6, 6.07) is 3.75. The van der Waals surface area contributed by atoms with Crippen LogP contribution in [-0.4, -0.2) is 35.9 Å². The van der Waals surface area contributed by atoms with Gasteiger partial charge in [0.2, 0.25) is 0 Å². The molecule has 0 radical (unpaired) electrons. The van der Waals surface area contributed by atoms with Crippen molar-refractivity contribution >= 4 is 5.91 Å². The molecule has 0 aliphatic carbocycles. The Bertz CT molecular complexity index is 400. The molecule has 0 aliphatic rings. The number of aromatic hydroxyl groups is 2. The summed E-state index contributed by atoms with van der Waals surface area (Å²) in [5.74, 6) is -0.631. The lowest BCUT2D eigenvalue weighted by atomic mass is 10.1. The molecule has 1 rings (SSSR count). The maximum atomic E-state index is 11.9. The largest absolute Gasteiger partial charge is 0.508 e.